The van der Waals surface area contributed by atoms with Gasteiger partial charge in [-0.25, -0.2) is 4.79 Å². The van der Waals surface area contributed by atoms with Crippen molar-refractivity contribution in [2.45, 2.75) is 31.7 Å². The van der Waals surface area contributed by atoms with Crippen molar-refractivity contribution in [1.82, 2.24) is 14.0 Å². The van der Waals surface area contributed by atoms with E-state index in [0.29, 0.717) is 43.4 Å². The van der Waals surface area contributed by atoms with Crippen molar-refractivity contribution in [2.24, 2.45) is 13.0 Å². The summed E-state index contributed by atoms with van der Waals surface area (Å²) in [4.78, 5) is 51.7. The van der Waals surface area contributed by atoms with Crippen molar-refractivity contribution in [3.05, 3.63) is 28.7 Å². The average molecular weight is 400 g/mol. The first-order chi connectivity index (χ1) is 13.8. The molecule has 0 aliphatic carbocycles. The van der Waals surface area contributed by atoms with Gasteiger partial charge in [0.2, 0.25) is 5.91 Å². The zero-order valence-electron chi connectivity index (χ0n) is 16.5. The Kier molecular flexibility index (Phi) is 4.68. The summed E-state index contributed by atoms with van der Waals surface area (Å²) in [5.74, 6) is -1.65. The second-order valence-corrected chi connectivity index (χ2v) is 7.83. The number of aliphatic carboxylic acids is 1. The minimum absolute atomic E-state index is 0.229. The molecule has 2 amide bonds. The Morgan fingerprint density at radius 2 is 1.72 bits per heavy atom. The van der Waals surface area contributed by atoms with Gasteiger partial charge in [0.05, 0.1) is 17.0 Å². The van der Waals surface area contributed by atoms with E-state index < -0.39 is 12.0 Å². The fourth-order valence-electron chi connectivity index (χ4n) is 4.37. The Morgan fingerprint density at radius 1 is 1.03 bits per heavy atom. The molecule has 2 fully saturated rings. The maximum Gasteiger partial charge on any atom is 0.329 e. The van der Waals surface area contributed by atoms with Crippen LogP contribution >= 0.6 is 0 Å². The molecule has 9 nitrogen and oxygen atoms in total. The summed E-state index contributed by atoms with van der Waals surface area (Å²) in [5, 5.41) is 9.18. The first-order valence-electron chi connectivity index (χ1n) is 9.78. The summed E-state index contributed by atoms with van der Waals surface area (Å²) >= 11 is 0. The summed E-state index contributed by atoms with van der Waals surface area (Å²) in [6.07, 6.45) is 1.71. The molecule has 154 valence electrons. The standard InChI is InChI=1S/C20H24N4O5/c1-21-16-11-13(23-9-7-12(8-10-23)19(27)28)3-4-14(16)24(20(21)29)15-5-6-17(25)22(2)18(15)26/h3-4,11-12,15H,5-10H2,1-2H3,(H,27,28). The molecular formula is C20H24N4O5. The average Bonchev–Trinajstić information content (AvgIpc) is 2.97. The molecule has 29 heavy (non-hydrogen) atoms. The topological polar surface area (TPSA) is 105 Å². The molecule has 2 aliphatic heterocycles. The monoisotopic (exact) mass is 400 g/mol. The Labute approximate surface area is 167 Å². The third-order valence-corrected chi connectivity index (χ3v) is 6.22. The molecule has 0 saturated carbocycles. The highest BCUT2D eigenvalue weighted by atomic mass is 16.4. The van der Waals surface area contributed by atoms with Crippen LogP contribution in [0.5, 0.6) is 0 Å². The molecule has 1 aromatic heterocycles. The van der Waals surface area contributed by atoms with Crippen molar-refractivity contribution >= 4 is 34.5 Å². The lowest BCUT2D eigenvalue weighted by molar-refractivity contribution is -0.149. The fourth-order valence-corrected chi connectivity index (χ4v) is 4.37. The van der Waals surface area contributed by atoms with Gasteiger partial charge < -0.3 is 10.0 Å². The number of carboxylic acid groups (broad SMARTS) is 1. The van der Waals surface area contributed by atoms with E-state index in [1.54, 1.807) is 7.05 Å². The first kappa shape index (κ1) is 19.2. The number of aromatic nitrogens is 2. The van der Waals surface area contributed by atoms with E-state index in [0.717, 1.165) is 10.6 Å². The summed E-state index contributed by atoms with van der Waals surface area (Å²) in [5.41, 5.74) is 2.00. The van der Waals surface area contributed by atoms with E-state index in [2.05, 4.69) is 4.90 Å². The molecule has 1 aromatic carbocycles. The van der Waals surface area contributed by atoms with Crippen molar-refractivity contribution < 1.29 is 19.5 Å². The van der Waals surface area contributed by atoms with Gasteiger partial charge in [-0.2, -0.15) is 0 Å². The van der Waals surface area contributed by atoms with Crippen LogP contribution in [0.4, 0.5) is 5.69 Å². The Hall–Kier alpha value is -3.10. The number of carbonyl (C=O) groups is 3. The second kappa shape index (κ2) is 7.06. The highest BCUT2D eigenvalue weighted by molar-refractivity contribution is 6.00. The van der Waals surface area contributed by atoms with Gasteiger partial charge >= 0.3 is 11.7 Å². The maximum atomic E-state index is 12.9. The smallest absolute Gasteiger partial charge is 0.329 e. The molecule has 2 aromatic rings. The predicted octanol–water partition coefficient (Wildman–Crippen LogP) is 0.961. The Balaban J connectivity index is 1.69. The van der Waals surface area contributed by atoms with Gasteiger partial charge in [0.15, 0.2) is 0 Å². The first-order valence-corrected chi connectivity index (χ1v) is 9.78. The van der Waals surface area contributed by atoms with Gasteiger partial charge in [0, 0.05) is 39.3 Å². The van der Waals surface area contributed by atoms with Gasteiger partial charge in [-0.1, -0.05) is 0 Å². The second-order valence-electron chi connectivity index (χ2n) is 7.83. The highest BCUT2D eigenvalue weighted by Crippen LogP contribution is 2.30. The molecule has 4 rings (SSSR count). The van der Waals surface area contributed by atoms with Crippen LogP contribution in [0.2, 0.25) is 0 Å². The number of carbonyl (C=O) groups excluding carboxylic acids is 2. The quantitative estimate of drug-likeness (QED) is 0.770. The molecule has 9 heteroatoms. The molecule has 2 saturated heterocycles. The largest absolute Gasteiger partial charge is 0.481 e. The number of nitrogens with zero attached hydrogens (tertiary/aromatic N) is 4. The molecule has 0 spiro atoms. The number of likely N-dealkylation sites (N-methyl/N-ethyl adjacent to an activating group) is 1. The number of carboxylic acids is 1. The summed E-state index contributed by atoms with van der Waals surface area (Å²) in [7, 11) is 3.12. The SMILES string of the molecule is CN1C(=O)CCC(n2c(=O)n(C)c3cc(N4CCC(C(=O)O)CC4)ccc32)C1=O. The van der Waals surface area contributed by atoms with Gasteiger partial charge in [-0.05, 0) is 37.5 Å². The minimum atomic E-state index is -0.750. The van der Waals surface area contributed by atoms with Crippen molar-refractivity contribution in [1.29, 1.82) is 0 Å². The number of imide groups is 1. The number of likely N-dealkylation sites (tertiary alicyclic amines) is 1. The van der Waals surface area contributed by atoms with Gasteiger partial charge in [0.25, 0.3) is 5.91 Å². The van der Waals surface area contributed by atoms with Gasteiger partial charge in [-0.15, -0.1) is 0 Å². The lowest BCUT2D eigenvalue weighted by Gasteiger charge is -2.32. The van der Waals surface area contributed by atoms with Crippen LogP contribution in [0.1, 0.15) is 31.7 Å². The molecule has 1 atom stereocenters. The number of aryl methyl sites for hydroxylation is 1. The van der Waals surface area contributed by atoms with E-state index in [4.69, 9.17) is 0 Å². The number of rotatable bonds is 3. The molecule has 0 radical (unpaired) electrons. The van der Waals surface area contributed by atoms with Crippen LogP contribution < -0.4 is 10.6 Å². The van der Waals surface area contributed by atoms with Crippen LogP contribution in [0.15, 0.2) is 23.0 Å². The summed E-state index contributed by atoms with van der Waals surface area (Å²) in [6, 6.07) is 4.96. The summed E-state index contributed by atoms with van der Waals surface area (Å²) in [6.45, 7) is 1.29. The Bertz CT molecular complexity index is 1060. The Morgan fingerprint density at radius 3 is 2.38 bits per heavy atom. The normalized spacial score (nSPS) is 21.2. The van der Waals surface area contributed by atoms with E-state index in [-0.39, 0.29) is 29.8 Å². The number of benzene rings is 1. The van der Waals surface area contributed by atoms with Crippen LogP contribution in [-0.2, 0) is 21.4 Å². The van der Waals surface area contributed by atoms with Crippen molar-refractivity contribution in [3.8, 4) is 0 Å². The van der Waals surface area contributed by atoms with E-state index in [1.165, 1.54) is 16.2 Å². The number of amides is 2. The minimum Gasteiger partial charge on any atom is -0.481 e. The number of fused-ring (bicyclic) bond motifs is 1. The maximum absolute atomic E-state index is 12.9. The highest BCUT2D eigenvalue weighted by Gasteiger charge is 2.35. The molecule has 1 unspecified atom stereocenters. The van der Waals surface area contributed by atoms with Gasteiger partial charge in [-0.3, -0.25) is 28.4 Å². The molecular weight excluding hydrogens is 376 g/mol. The zero-order valence-corrected chi connectivity index (χ0v) is 16.5. The van der Waals surface area contributed by atoms with E-state index >= 15 is 0 Å². The lowest BCUT2D eigenvalue weighted by atomic mass is 9.97. The predicted molar refractivity (Wildman–Crippen MR) is 106 cm³/mol. The third-order valence-electron chi connectivity index (χ3n) is 6.22. The number of hydrogen-bond donors (Lipinski definition) is 1. The summed E-state index contributed by atoms with van der Waals surface area (Å²) < 4.78 is 3.01. The number of hydrogen-bond acceptors (Lipinski definition) is 5. The van der Waals surface area contributed by atoms with Crippen LogP contribution in [0, 0.1) is 5.92 Å². The zero-order chi connectivity index (χ0) is 20.9. The third kappa shape index (κ3) is 3.10. The number of piperidine rings is 2. The molecule has 0 bridgehead atoms. The van der Waals surface area contributed by atoms with Crippen molar-refractivity contribution in [2.75, 3.05) is 25.0 Å². The van der Waals surface area contributed by atoms with Crippen LogP contribution in [0.25, 0.3) is 11.0 Å². The van der Waals surface area contributed by atoms with Crippen LogP contribution in [0.3, 0.4) is 0 Å². The van der Waals surface area contributed by atoms with Gasteiger partial charge in [0.1, 0.15) is 6.04 Å². The number of imidazole rings is 1. The molecule has 2 aliphatic rings. The molecule has 1 N–H and O–H groups in total. The van der Waals surface area contributed by atoms with Crippen LogP contribution in [-0.4, -0.2) is 57.1 Å². The van der Waals surface area contributed by atoms with E-state index in [1.807, 2.05) is 18.2 Å². The molecule has 3 heterocycles. The van der Waals surface area contributed by atoms with Crippen molar-refractivity contribution in [3.63, 3.8) is 0 Å². The number of anilines is 1. The lowest BCUT2D eigenvalue weighted by Crippen LogP contribution is -2.45. The fraction of sp³-hybridized carbons (Fsp3) is 0.500. The van der Waals surface area contributed by atoms with E-state index in [9.17, 15) is 24.3 Å².